The predicted octanol–water partition coefficient (Wildman–Crippen LogP) is -1.83. The summed E-state index contributed by atoms with van der Waals surface area (Å²) < 4.78 is 0. The van der Waals surface area contributed by atoms with Crippen LogP contribution in [0.5, 0.6) is 0 Å². The average Bonchev–Trinajstić information content (AvgIpc) is 3.32. The van der Waals surface area contributed by atoms with Gasteiger partial charge in [0.1, 0.15) is 5.70 Å². The van der Waals surface area contributed by atoms with Crippen LogP contribution in [0.1, 0.15) is 20.3 Å². The molecule has 0 saturated carbocycles. The Hall–Kier alpha value is -1.66. The van der Waals surface area contributed by atoms with E-state index in [-0.39, 0.29) is 47.8 Å². The number of β-amino-alcohol motifs (C(OH)–C–C–N with tert-alkyl or cyclic N) is 2. The minimum Gasteiger partial charge on any atom is -0.477 e. The Morgan fingerprint density at radius 1 is 1.23 bits per heavy atom. The number of fused-ring (bicyclic) bond motifs is 1. The second kappa shape index (κ2) is 7.79. The Labute approximate surface area is 177 Å². The number of carbonyl (C=O) groups excluding carboxylic acids is 2. The molecule has 0 bridgehead atoms. The molecule has 4 aliphatic rings. The zero-order chi connectivity index (χ0) is 21.9. The van der Waals surface area contributed by atoms with Crippen molar-refractivity contribution in [3.8, 4) is 0 Å². The molecule has 0 aromatic heterocycles. The normalized spacial score (nSPS) is 39.4. The molecular weight excluding hydrogens is 414 g/mol. The highest BCUT2D eigenvalue weighted by atomic mass is 32.2. The number of amides is 2. The fraction of sp³-hybridized carbons (Fsp3) is 0.737. The Balaban J connectivity index is 1.45. The largest absolute Gasteiger partial charge is 0.477 e. The smallest absolute Gasteiger partial charge is 0.353 e. The first-order valence-electron chi connectivity index (χ1n) is 10.1. The number of likely N-dealkylation sites (tertiary alicyclic amines) is 1. The van der Waals surface area contributed by atoms with Gasteiger partial charge in [-0.2, -0.15) is 0 Å². The highest BCUT2D eigenvalue weighted by Crippen LogP contribution is 2.51. The number of aliphatic carboxylic acids is 1. The number of nitrogens with one attached hydrogen (secondary N) is 1. The molecule has 4 heterocycles. The van der Waals surface area contributed by atoms with Crippen LogP contribution in [0.2, 0.25) is 0 Å². The van der Waals surface area contributed by atoms with Gasteiger partial charge >= 0.3 is 5.97 Å². The highest BCUT2D eigenvalue weighted by molar-refractivity contribution is 8.03. The van der Waals surface area contributed by atoms with Crippen LogP contribution in [0.4, 0.5) is 0 Å². The summed E-state index contributed by atoms with van der Waals surface area (Å²) in [6, 6.07) is -0.820. The first-order valence-corrected chi connectivity index (χ1v) is 11.0. The molecule has 10 nitrogen and oxygen atoms in total. The van der Waals surface area contributed by atoms with Gasteiger partial charge in [-0.3, -0.25) is 9.59 Å². The standard InChI is InChI=1S/C19H27N3O7S/c1-7-14-13(8(2)23)18(27)22(14)15(19(28)29)16(7)30-9-3-10(20-4-9)17(26)21-5-11(24)12(25)6-21/h7-14,20,23-25H,3-6H2,1-2H3,(H,28,29)/t7-,8-,9-,10+,11+,12+,13-,14-/m1/s1. The molecular formula is C19H27N3O7S. The van der Waals surface area contributed by atoms with Crippen LogP contribution in [-0.2, 0) is 14.4 Å². The van der Waals surface area contributed by atoms with Gasteiger partial charge in [-0.05, 0) is 13.3 Å². The maximum atomic E-state index is 12.7. The van der Waals surface area contributed by atoms with E-state index in [4.69, 9.17) is 0 Å². The molecule has 0 aliphatic carbocycles. The zero-order valence-electron chi connectivity index (χ0n) is 16.8. The van der Waals surface area contributed by atoms with Crippen molar-refractivity contribution in [3.63, 3.8) is 0 Å². The van der Waals surface area contributed by atoms with E-state index in [0.29, 0.717) is 17.9 Å². The second-order valence-electron chi connectivity index (χ2n) is 8.59. The first kappa shape index (κ1) is 21.6. The summed E-state index contributed by atoms with van der Waals surface area (Å²) in [4.78, 5) is 40.3. The zero-order valence-corrected chi connectivity index (χ0v) is 17.6. The second-order valence-corrected chi connectivity index (χ2v) is 9.93. The molecule has 2 amide bonds. The third-order valence-electron chi connectivity index (χ3n) is 6.56. The number of carboxylic acid groups (broad SMARTS) is 1. The topological polar surface area (TPSA) is 151 Å². The van der Waals surface area contributed by atoms with Crippen molar-refractivity contribution in [1.29, 1.82) is 0 Å². The van der Waals surface area contributed by atoms with Crippen LogP contribution in [0.3, 0.4) is 0 Å². The van der Waals surface area contributed by atoms with Crippen LogP contribution < -0.4 is 5.32 Å². The summed E-state index contributed by atoms with van der Waals surface area (Å²) in [5, 5.41) is 42.1. The van der Waals surface area contributed by atoms with Gasteiger partial charge in [0.05, 0.1) is 36.3 Å². The molecule has 30 heavy (non-hydrogen) atoms. The Morgan fingerprint density at radius 2 is 1.87 bits per heavy atom. The number of thioether (sulfide) groups is 1. The number of carboxylic acids is 1. The van der Waals surface area contributed by atoms with Crippen molar-refractivity contribution in [2.24, 2.45) is 11.8 Å². The SMILES string of the molecule is C[C@@H](O)[C@H]1C(=O)N2C(C(=O)O)=C(S[C@H]3CN[C@H](C(=O)N4C[C@H](O)[C@@H](O)C4)C3)[C@H](C)[C@H]12. The van der Waals surface area contributed by atoms with Crippen molar-refractivity contribution in [2.75, 3.05) is 19.6 Å². The van der Waals surface area contributed by atoms with E-state index in [0.717, 1.165) is 0 Å². The minimum absolute atomic E-state index is 0.0139. The lowest BCUT2D eigenvalue weighted by Crippen LogP contribution is -2.63. The number of carbonyl (C=O) groups is 3. The predicted molar refractivity (Wildman–Crippen MR) is 106 cm³/mol. The molecule has 3 fully saturated rings. The Bertz CT molecular complexity index is 793. The lowest BCUT2D eigenvalue weighted by molar-refractivity contribution is -0.163. The third-order valence-corrected chi connectivity index (χ3v) is 8.08. The molecule has 11 heteroatoms. The quantitative estimate of drug-likeness (QED) is 0.310. The van der Waals surface area contributed by atoms with E-state index in [1.54, 1.807) is 6.92 Å². The summed E-state index contributed by atoms with van der Waals surface area (Å²) >= 11 is 1.38. The van der Waals surface area contributed by atoms with Gasteiger partial charge in [0.15, 0.2) is 0 Å². The van der Waals surface area contributed by atoms with Gasteiger partial charge < -0.3 is 35.5 Å². The van der Waals surface area contributed by atoms with Crippen molar-refractivity contribution in [3.05, 3.63) is 10.6 Å². The maximum Gasteiger partial charge on any atom is 0.353 e. The number of rotatable bonds is 5. The molecule has 3 saturated heterocycles. The van der Waals surface area contributed by atoms with E-state index in [1.807, 2.05) is 6.92 Å². The van der Waals surface area contributed by atoms with Gasteiger partial charge in [-0.25, -0.2) is 4.79 Å². The highest BCUT2D eigenvalue weighted by Gasteiger charge is 2.60. The van der Waals surface area contributed by atoms with Crippen LogP contribution >= 0.6 is 11.8 Å². The van der Waals surface area contributed by atoms with Gasteiger partial charge in [-0.15, -0.1) is 11.8 Å². The van der Waals surface area contributed by atoms with Crippen LogP contribution in [-0.4, -0.2) is 103 Å². The van der Waals surface area contributed by atoms with Crippen molar-refractivity contribution < 1.29 is 34.8 Å². The summed E-state index contributed by atoms with van der Waals surface area (Å²) in [6.45, 7) is 4.11. The summed E-state index contributed by atoms with van der Waals surface area (Å²) in [5.41, 5.74) is -0.0139. The molecule has 166 valence electrons. The maximum absolute atomic E-state index is 12.7. The van der Waals surface area contributed by atoms with E-state index in [1.165, 1.54) is 21.6 Å². The molecule has 4 rings (SSSR count). The van der Waals surface area contributed by atoms with Crippen LogP contribution in [0.15, 0.2) is 10.6 Å². The fourth-order valence-electron chi connectivity index (χ4n) is 5.01. The van der Waals surface area contributed by atoms with Gasteiger partial charge in [-0.1, -0.05) is 6.92 Å². The lowest BCUT2D eigenvalue weighted by atomic mass is 9.79. The molecule has 0 aromatic carbocycles. The molecule has 0 spiro atoms. The van der Waals surface area contributed by atoms with Gasteiger partial charge in [0.2, 0.25) is 11.8 Å². The lowest BCUT2D eigenvalue weighted by Gasteiger charge is -2.46. The van der Waals surface area contributed by atoms with Crippen LogP contribution in [0, 0.1) is 11.8 Å². The fourth-order valence-corrected chi connectivity index (χ4v) is 6.49. The number of nitrogens with zero attached hydrogens (tertiary/aromatic N) is 2. The Kier molecular flexibility index (Phi) is 5.60. The van der Waals surface area contributed by atoms with E-state index in [2.05, 4.69) is 5.32 Å². The van der Waals surface area contributed by atoms with E-state index in [9.17, 15) is 34.8 Å². The van der Waals surface area contributed by atoms with Gasteiger partial charge in [0.25, 0.3) is 0 Å². The molecule has 4 aliphatic heterocycles. The number of aliphatic hydroxyl groups excluding tert-OH is 3. The van der Waals surface area contributed by atoms with Crippen molar-refractivity contribution in [2.45, 2.75) is 55.9 Å². The molecule has 0 unspecified atom stereocenters. The molecule has 5 N–H and O–H groups in total. The number of β-lactam (4-membered cyclic amide) rings is 1. The summed E-state index contributed by atoms with van der Waals surface area (Å²) in [7, 11) is 0. The number of hydrogen-bond acceptors (Lipinski definition) is 8. The number of hydrogen-bond donors (Lipinski definition) is 5. The van der Waals surface area contributed by atoms with E-state index < -0.39 is 36.2 Å². The van der Waals surface area contributed by atoms with Crippen molar-refractivity contribution >= 4 is 29.5 Å². The molecule has 0 aromatic rings. The molecule has 0 radical (unpaired) electrons. The third kappa shape index (κ3) is 3.32. The first-order chi connectivity index (χ1) is 14.1. The van der Waals surface area contributed by atoms with E-state index >= 15 is 0 Å². The monoisotopic (exact) mass is 441 g/mol. The average molecular weight is 442 g/mol. The Morgan fingerprint density at radius 3 is 2.43 bits per heavy atom. The summed E-state index contributed by atoms with van der Waals surface area (Å²) in [6.07, 6.45) is -2.24. The minimum atomic E-state index is -1.16. The van der Waals surface area contributed by atoms with Gasteiger partial charge in [0, 0.05) is 35.7 Å². The number of aliphatic hydroxyl groups is 3. The molecule has 8 atom stereocenters. The van der Waals surface area contributed by atoms with Crippen molar-refractivity contribution in [1.82, 2.24) is 15.1 Å². The summed E-state index contributed by atoms with van der Waals surface area (Å²) in [5.74, 6) is -2.52. The van der Waals surface area contributed by atoms with Crippen LogP contribution in [0.25, 0.3) is 0 Å².